The first-order chi connectivity index (χ1) is 26.2. The molecule has 1 unspecified atom stereocenters. The topological polar surface area (TPSA) is 105 Å². The molecule has 2 N–H and O–H groups in total. The summed E-state index contributed by atoms with van der Waals surface area (Å²) in [6, 6.07) is 26.9. The van der Waals surface area contributed by atoms with E-state index in [9.17, 15) is 4.79 Å². The average Bonchev–Trinajstić information content (AvgIpc) is 3.19. The molecule has 4 heterocycles. The number of carbonyl (C=O) groups is 1. The Hall–Kier alpha value is -5.71. The number of carbonyl (C=O) groups excluding carboxylic acids is 1. The molecule has 0 aliphatic carbocycles. The third kappa shape index (κ3) is 6.56. The quantitative estimate of drug-likeness (QED) is 0.109. The van der Waals surface area contributed by atoms with Crippen molar-refractivity contribution in [2.75, 3.05) is 54.2 Å². The first-order valence-corrected chi connectivity index (χ1v) is 18.3. The van der Waals surface area contributed by atoms with Gasteiger partial charge in [0.15, 0.2) is 34.5 Å². The predicted octanol–water partition coefficient (Wildman–Crippen LogP) is 7.96. The lowest BCUT2D eigenvalue weighted by atomic mass is 9.87. The second kappa shape index (κ2) is 14.6. The maximum absolute atomic E-state index is 13.8. The van der Waals surface area contributed by atoms with Gasteiger partial charge in [-0.25, -0.2) is 4.79 Å². The fraction of sp³-hybridized carbons (Fsp3) is 0.295. The third-order valence-corrected chi connectivity index (χ3v) is 11.0. The van der Waals surface area contributed by atoms with E-state index in [-0.39, 0.29) is 17.8 Å². The Labute approximate surface area is 315 Å². The number of methoxy groups -OCH3 is 3. The van der Waals surface area contributed by atoms with Gasteiger partial charge in [-0.05, 0) is 116 Å². The molecule has 4 aliphatic rings. The largest absolute Gasteiger partial charge is 0.493 e. The van der Waals surface area contributed by atoms with Crippen molar-refractivity contribution < 1.29 is 33.2 Å². The van der Waals surface area contributed by atoms with Crippen LogP contribution in [0.1, 0.15) is 55.8 Å². The molecule has 5 aromatic carbocycles. The molecule has 0 fully saturated rings. The Morgan fingerprint density at radius 3 is 2.07 bits per heavy atom. The van der Waals surface area contributed by atoms with Gasteiger partial charge in [-0.3, -0.25) is 9.80 Å². The predicted molar refractivity (Wildman–Crippen MR) is 207 cm³/mol. The molecule has 0 saturated carbocycles. The number of anilines is 1. The second-order valence-corrected chi connectivity index (χ2v) is 14.2. The normalized spacial score (nSPS) is 17.9. The number of nitrogens with zero attached hydrogens (tertiary/aromatic N) is 2. The van der Waals surface area contributed by atoms with E-state index < -0.39 is 5.97 Å². The Kier molecular flexibility index (Phi) is 9.56. The van der Waals surface area contributed by atoms with Crippen LogP contribution < -0.4 is 34.2 Å². The number of esters is 1. The summed E-state index contributed by atoms with van der Waals surface area (Å²) < 4.78 is 37.6. The summed E-state index contributed by atoms with van der Waals surface area (Å²) in [5, 5.41) is 0. The van der Waals surface area contributed by atoms with Crippen molar-refractivity contribution in [3.8, 4) is 46.0 Å². The summed E-state index contributed by atoms with van der Waals surface area (Å²) in [5.41, 5.74) is 14.0. The zero-order valence-electron chi connectivity index (χ0n) is 31.3. The van der Waals surface area contributed by atoms with Gasteiger partial charge < -0.3 is 34.2 Å². The van der Waals surface area contributed by atoms with Crippen LogP contribution in [0, 0.1) is 0 Å². The fourth-order valence-corrected chi connectivity index (χ4v) is 8.00. The number of fused-ring (bicyclic) bond motifs is 2. The molecule has 10 nitrogen and oxygen atoms in total. The molecular formula is C44H45N3O7. The summed E-state index contributed by atoms with van der Waals surface area (Å²) in [6.07, 6.45) is 2.86. The van der Waals surface area contributed by atoms with E-state index in [1.54, 1.807) is 45.6 Å². The third-order valence-electron chi connectivity index (χ3n) is 11.0. The highest BCUT2D eigenvalue weighted by molar-refractivity contribution is 5.92. The van der Waals surface area contributed by atoms with Crippen molar-refractivity contribution >= 4 is 11.7 Å². The molecule has 54 heavy (non-hydrogen) atoms. The van der Waals surface area contributed by atoms with E-state index in [1.807, 2.05) is 36.4 Å². The van der Waals surface area contributed by atoms with Crippen LogP contribution >= 0.6 is 0 Å². The first-order valence-electron chi connectivity index (χ1n) is 18.3. The molecule has 2 atom stereocenters. The summed E-state index contributed by atoms with van der Waals surface area (Å²) in [4.78, 5) is 18.5. The molecule has 4 aliphatic heterocycles. The zero-order chi connectivity index (χ0) is 37.5. The summed E-state index contributed by atoms with van der Waals surface area (Å²) >= 11 is 0. The number of nitrogens with two attached hydrogens (primary N) is 1. The van der Waals surface area contributed by atoms with Gasteiger partial charge in [0.1, 0.15) is 5.75 Å². The SMILES string of the molecule is COc1cc(N)c2cc1Oc1ccc(cc1)CC1c3cc(c(OC)cc3CCN1C)Oc1c(OC(=O)c3ccccc3)c(OC)cc3c1[C@H](C2)N(C)CC3. The monoisotopic (exact) mass is 727 g/mol. The van der Waals surface area contributed by atoms with Crippen LogP contribution in [0.3, 0.4) is 0 Å². The summed E-state index contributed by atoms with van der Waals surface area (Å²) in [7, 11) is 9.09. The maximum atomic E-state index is 13.8. The fourth-order valence-electron chi connectivity index (χ4n) is 8.00. The van der Waals surface area contributed by atoms with Crippen molar-refractivity contribution in [3.05, 3.63) is 124 Å². The number of nitrogen functional groups attached to an aromatic ring is 1. The maximum Gasteiger partial charge on any atom is 0.343 e. The Bertz CT molecular complexity index is 2210. The molecule has 0 saturated heterocycles. The van der Waals surface area contributed by atoms with Crippen LogP contribution in [0.25, 0.3) is 0 Å². The lowest BCUT2D eigenvalue weighted by molar-refractivity contribution is 0.0724. The van der Waals surface area contributed by atoms with Crippen LogP contribution in [0.5, 0.6) is 46.0 Å². The van der Waals surface area contributed by atoms with Crippen molar-refractivity contribution in [3.63, 3.8) is 0 Å². The van der Waals surface area contributed by atoms with E-state index in [0.29, 0.717) is 57.9 Å². The van der Waals surface area contributed by atoms with Gasteiger partial charge in [-0.2, -0.15) is 0 Å². The molecule has 278 valence electrons. The molecule has 0 spiro atoms. The van der Waals surface area contributed by atoms with Crippen LogP contribution in [-0.4, -0.2) is 64.3 Å². The molecule has 0 aromatic heterocycles. The Morgan fingerprint density at radius 2 is 1.35 bits per heavy atom. The average molecular weight is 728 g/mol. The first kappa shape index (κ1) is 35.3. The summed E-state index contributed by atoms with van der Waals surface area (Å²) in [6.45, 7) is 1.67. The minimum absolute atomic E-state index is 0.0703. The van der Waals surface area contributed by atoms with Crippen molar-refractivity contribution in [2.24, 2.45) is 0 Å². The highest BCUT2D eigenvalue weighted by atomic mass is 16.6. The van der Waals surface area contributed by atoms with Crippen molar-refractivity contribution in [1.82, 2.24) is 9.80 Å². The van der Waals surface area contributed by atoms with Crippen LogP contribution in [0.15, 0.2) is 84.9 Å². The van der Waals surface area contributed by atoms with Crippen LogP contribution in [0.2, 0.25) is 0 Å². The van der Waals surface area contributed by atoms with Crippen molar-refractivity contribution in [1.29, 1.82) is 0 Å². The van der Waals surface area contributed by atoms with E-state index in [0.717, 1.165) is 54.6 Å². The molecular weight excluding hydrogens is 682 g/mol. The van der Waals surface area contributed by atoms with Gasteiger partial charge in [0.25, 0.3) is 0 Å². The van der Waals surface area contributed by atoms with Crippen molar-refractivity contribution in [2.45, 2.75) is 37.8 Å². The molecule has 9 rings (SSSR count). The smallest absolute Gasteiger partial charge is 0.343 e. The van der Waals surface area contributed by atoms with Gasteiger partial charge in [0, 0.05) is 42.5 Å². The Balaban J connectivity index is 1.38. The van der Waals surface area contributed by atoms with Gasteiger partial charge in [0.05, 0.1) is 26.9 Å². The lowest BCUT2D eigenvalue weighted by Crippen LogP contribution is -2.34. The summed E-state index contributed by atoms with van der Waals surface area (Å²) in [5.74, 6) is 3.37. The second-order valence-electron chi connectivity index (χ2n) is 14.2. The number of benzene rings is 5. The number of hydrogen-bond acceptors (Lipinski definition) is 10. The highest BCUT2D eigenvalue weighted by Gasteiger charge is 2.36. The van der Waals surface area contributed by atoms with Gasteiger partial charge in [-0.1, -0.05) is 30.3 Å². The number of hydrogen-bond donors (Lipinski definition) is 1. The van der Waals surface area contributed by atoms with E-state index in [2.05, 4.69) is 48.2 Å². The van der Waals surface area contributed by atoms with Crippen LogP contribution in [0.4, 0.5) is 5.69 Å². The number of likely N-dealkylation sites (N-methyl/N-ethyl adjacent to an activating group) is 2. The van der Waals surface area contributed by atoms with E-state index in [4.69, 9.17) is 34.2 Å². The number of ether oxygens (including phenoxy) is 6. The molecule has 0 amide bonds. The highest BCUT2D eigenvalue weighted by Crippen LogP contribution is 2.52. The minimum atomic E-state index is -0.528. The minimum Gasteiger partial charge on any atom is -0.493 e. The Morgan fingerprint density at radius 1 is 0.704 bits per heavy atom. The van der Waals surface area contributed by atoms with E-state index >= 15 is 0 Å². The van der Waals surface area contributed by atoms with Gasteiger partial charge in [-0.15, -0.1) is 0 Å². The molecule has 5 aromatic rings. The molecule has 0 radical (unpaired) electrons. The lowest BCUT2D eigenvalue weighted by Gasteiger charge is -2.37. The van der Waals surface area contributed by atoms with Gasteiger partial charge in [0.2, 0.25) is 5.75 Å². The van der Waals surface area contributed by atoms with E-state index in [1.165, 1.54) is 11.1 Å². The molecule has 10 heteroatoms. The molecule has 6 bridgehead atoms. The zero-order valence-corrected chi connectivity index (χ0v) is 31.3. The van der Waals surface area contributed by atoms with Gasteiger partial charge >= 0.3 is 5.97 Å². The number of rotatable bonds is 5. The van der Waals surface area contributed by atoms with Crippen LogP contribution in [-0.2, 0) is 25.7 Å². The standard InChI is InChI=1S/C44H45N3O7/c1-46-17-15-28-21-36(49-3)39-24-32(28)34(46)19-26-11-13-31(14-12-26)52-38-23-30(33(45)25-37(38)50-4)20-35-41-29(16-18-47(35)2)22-40(51-5)42(43(41)53-39)54-44(48)27-9-7-6-8-10-27/h6-14,21-25,34-35H,15-20,45H2,1-5H3/t34?,35-/m0/s1.